The molecule has 0 saturated carbocycles. The van der Waals surface area contributed by atoms with Gasteiger partial charge in [-0.15, -0.1) is 12.4 Å². The number of hydrogen-bond acceptors (Lipinski definition) is 4. The average Bonchev–Trinajstić information content (AvgIpc) is 2.54. The molecule has 1 aliphatic rings. The number of nitrogens with one attached hydrogen (secondary N) is 2. The molecule has 0 bridgehead atoms. The van der Waals surface area contributed by atoms with Crippen molar-refractivity contribution in [2.45, 2.75) is 33.2 Å². The second kappa shape index (κ2) is 9.74. The van der Waals surface area contributed by atoms with Gasteiger partial charge in [0.1, 0.15) is 0 Å². The van der Waals surface area contributed by atoms with Crippen LogP contribution in [0.25, 0.3) is 0 Å². The van der Waals surface area contributed by atoms with Gasteiger partial charge in [0.25, 0.3) is 5.91 Å². The Bertz CT molecular complexity index is 537. The number of halogens is 1. The zero-order valence-corrected chi connectivity index (χ0v) is 15.7. The zero-order valence-electron chi connectivity index (χ0n) is 14.9. The zero-order chi connectivity index (χ0) is 16.8. The van der Waals surface area contributed by atoms with Crippen molar-refractivity contribution < 1.29 is 14.3 Å². The molecule has 0 spiro atoms. The van der Waals surface area contributed by atoms with Crippen LogP contribution >= 0.6 is 12.4 Å². The van der Waals surface area contributed by atoms with Gasteiger partial charge in [0.15, 0.2) is 11.5 Å². The van der Waals surface area contributed by atoms with Crippen molar-refractivity contribution in [3.05, 3.63) is 23.8 Å². The second-order valence-corrected chi connectivity index (χ2v) is 6.62. The van der Waals surface area contributed by atoms with Gasteiger partial charge in [0.2, 0.25) is 0 Å². The summed E-state index contributed by atoms with van der Waals surface area (Å²) in [4.78, 5) is 12.5. The smallest absolute Gasteiger partial charge is 0.251 e. The number of hydrogen-bond donors (Lipinski definition) is 2. The van der Waals surface area contributed by atoms with Gasteiger partial charge in [0, 0.05) is 11.6 Å². The maximum Gasteiger partial charge on any atom is 0.251 e. The van der Waals surface area contributed by atoms with Crippen LogP contribution in [0.4, 0.5) is 0 Å². The molecule has 1 aromatic carbocycles. The molecule has 1 heterocycles. The molecule has 6 heteroatoms. The van der Waals surface area contributed by atoms with Crippen molar-refractivity contribution in [1.29, 1.82) is 0 Å². The minimum absolute atomic E-state index is 0. The van der Waals surface area contributed by atoms with Gasteiger partial charge in [-0.1, -0.05) is 20.8 Å². The van der Waals surface area contributed by atoms with E-state index in [-0.39, 0.29) is 24.4 Å². The number of carbonyl (C=O) groups excluding carboxylic acids is 1. The van der Waals surface area contributed by atoms with Crippen LogP contribution in [0.15, 0.2) is 18.2 Å². The number of amides is 1. The van der Waals surface area contributed by atoms with E-state index in [9.17, 15) is 4.79 Å². The summed E-state index contributed by atoms with van der Waals surface area (Å²) in [7, 11) is 1.59. The summed E-state index contributed by atoms with van der Waals surface area (Å²) in [6.45, 7) is 8.84. The third-order valence-electron chi connectivity index (χ3n) is 4.10. The summed E-state index contributed by atoms with van der Waals surface area (Å²) in [6, 6.07) is 5.56. The number of rotatable bonds is 6. The molecule has 5 nitrogen and oxygen atoms in total. The van der Waals surface area contributed by atoms with E-state index in [1.165, 1.54) is 0 Å². The molecule has 2 rings (SSSR count). The molecule has 1 saturated heterocycles. The van der Waals surface area contributed by atoms with E-state index in [0.717, 1.165) is 19.5 Å². The normalized spacial score (nSPS) is 20.2. The topological polar surface area (TPSA) is 59.6 Å². The molecule has 1 aromatic rings. The maximum atomic E-state index is 12.5. The number of carbonyl (C=O) groups is 1. The molecule has 136 valence electrons. The fourth-order valence-corrected chi connectivity index (χ4v) is 2.66. The van der Waals surface area contributed by atoms with Gasteiger partial charge in [-0.25, -0.2) is 0 Å². The first kappa shape index (κ1) is 20.6. The summed E-state index contributed by atoms with van der Waals surface area (Å²) >= 11 is 0. The number of piperidine rings is 1. The highest BCUT2D eigenvalue weighted by Crippen LogP contribution is 2.28. The van der Waals surface area contributed by atoms with Crippen LogP contribution in [0.5, 0.6) is 11.5 Å². The molecular formula is C18H29ClN2O3. The van der Waals surface area contributed by atoms with Crippen LogP contribution in [0.1, 0.15) is 37.6 Å². The van der Waals surface area contributed by atoms with Gasteiger partial charge >= 0.3 is 0 Å². The van der Waals surface area contributed by atoms with E-state index in [1.807, 2.05) is 6.07 Å². The maximum absolute atomic E-state index is 12.5. The lowest BCUT2D eigenvalue weighted by Gasteiger charge is -2.30. The molecule has 1 amide bonds. The van der Waals surface area contributed by atoms with Crippen molar-refractivity contribution in [3.63, 3.8) is 0 Å². The van der Waals surface area contributed by atoms with Crippen LogP contribution in [0.3, 0.4) is 0 Å². The van der Waals surface area contributed by atoms with E-state index < -0.39 is 0 Å². The number of methoxy groups -OCH3 is 1. The lowest BCUT2D eigenvalue weighted by molar-refractivity contribution is 0.0913. The third kappa shape index (κ3) is 5.56. The van der Waals surface area contributed by atoms with Crippen molar-refractivity contribution in [1.82, 2.24) is 10.6 Å². The summed E-state index contributed by atoms with van der Waals surface area (Å²) < 4.78 is 11.1. The highest BCUT2D eigenvalue weighted by Gasteiger charge is 2.23. The van der Waals surface area contributed by atoms with E-state index in [0.29, 0.717) is 35.5 Å². The highest BCUT2D eigenvalue weighted by molar-refractivity contribution is 5.95. The van der Waals surface area contributed by atoms with Gasteiger partial charge in [-0.2, -0.15) is 0 Å². The number of benzene rings is 1. The monoisotopic (exact) mass is 356 g/mol. The highest BCUT2D eigenvalue weighted by atomic mass is 35.5. The molecule has 0 aliphatic carbocycles. The first-order chi connectivity index (χ1) is 11.0. The fourth-order valence-electron chi connectivity index (χ4n) is 2.66. The van der Waals surface area contributed by atoms with Crippen LogP contribution < -0.4 is 20.1 Å². The first-order valence-electron chi connectivity index (χ1n) is 8.33. The van der Waals surface area contributed by atoms with Gasteiger partial charge in [-0.05, 0) is 49.5 Å². The molecule has 1 aliphatic heterocycles. The summed E-state index contributed by atoms with van der Waals surface area (Å²) in [5.41, 5.74) is 0.601. The lowest BCUT2D eigenvalue weighted by Crippen LogP contribution is -2.48. The second-order valence-electron chi connectivity index (χ2n) is 6.62. The molecular weight excluding hydrogens is 328 g/mol. The average molecular weight is 357 g/mol. The molecule has 0 radical (unpaired) electrons. The molecule has 2 atom stereocenters. The lowest BCUT2D eigenvalue weighted by atomic mass is 9.95. The summed E-state index contributed by atoms with van der Waals surface area (Å²) in [6.07, 6.45) is 0.958. The van der Waals surface area contributed by atoms with E-state index in [4.69, 9.17) is 9.47 Å². The Kier molecular flexibility index (Phi) is 8.36. The van der Waals surface area contributed by atoms with Crippen molar-refractivity contribution in [2.75, 3.05) is 26.8 Å². The minimum Gasteiger partial charge on any atom is -0.493 e. The van der Waals surface area contributed by atoms with Crippen LogP contribution in [0, 0.1) is 11.8 Å². The van der Waals surface area contributed by atoms with Crippen LogP contribution in [0.2, 0.25) is 0 Å². The van der Waals surface area contributed by atoms with E-state index in [2.05, 4.69) is 31.4 Å². The Labute approximate surface area is 150 Å². The quantitative estimate of drug-likeness (QED) is 0.822. The van der Waals surface area contributed by atoms with Gasteiger partial charge in [0.05, 0.1) is 13.7 Å². The third-order valence-corrected chi connectivity index (χ3v) is 4.10. The van der Waals surface area contributed by atoms with Crippen molar-refractivity contribution in [3.8, 4) is 11.5 Å². The SMILES string of the molecule is COc1cc(C(=O)NC2CCNCC2C)ccc1OCC(C)C.Cl. The first-order valence-corrected chi connectivity index (χ1v) is 8.33. The van der Waals surface area contributed by atoms with Gasteiger partial charge < -0.3 is 20.1 Å². The molecule has 24 heavy (non-hydrogen) atoms. The predicted octanol–water partition coefficient (Wildman–Crippen LogP) is 2.88. The Hall–Kier alpha value is -1.46. The fraction of sp³-hybridized carbons (Fsp3) is 0.611. The predicted molar refractivity (Wildman–Crippen MR) is 98.5 cm³/mol. The molecule has 2 unspecified atom stereocenters. The Morgan fingerprint density at radius 3 is 2.75 bits per heavy atom. The summed E-state index contributed by atoms with van der Waals surface area (Å²) in [5, 5.41) is 6.47. The Morgan fingerprint density at radius 2 is 2.12 bits per heavy atom. The standard InChI is InChI=1S/C18H28N2O3.ClH/c1-12(2)11-23-16-6-5-14(9-17(16)22-4)18(21)20-15-7-8-19-10-13(15)3;/h5-6,9,12-13,15,19H,7-8,10-11H2,1-4H3,(H,20,21);1H. The number of ether oxygens (including phenoxy) is 2. The molecule has 0 aromatic heterocycles. The van der Waals surface area contributed by atoms with E-state index in [1.54, 1.807) is 19.2 Å². The minimum atomic E-state index is -0.0579. The van der Waals surface area contributed by atoms with E-state index >= 15 is 0 Å². The molecule has 2 N–H and O–H groups in total. The summed E-state index contributed by atoms with van der Waals surface area (Å²) in [5.74, 6) is 2.08. The van der Waals surface area contributed by atoms with Crippen LogP contribution in [-0.4, -0.2) is 38.8 Å². The Morgan fingerprint density at radius 1 is 1.38 bits per heavy atom. The van der Waals surface area contributed by atoms with Gasteiger partial charge in [-0.3, -0.25) is 4.79 Å². The van der Waals surface area contributed by atoms with Crippen molar-refractivity contribution in [2.24, 2.45) is 11.8 Å². The molecule has 1 fully saturated rings. The van der Waals surface area contributed by atoms with Crippen LogP contribution in [-0.2, 0) is 0 Å². The largest absolute Gasteiger partial charge is 0.493 e. The Balaban J connectivity index is 0.00000288. The van der Waals surface area contributed by atoms with Crippen molar-refractivity contribution >= 4 is 18.3 Å².